The van der Waals surface area contributed by atoms with E-state index in [1.807, 2.05) is 24.3 Å². The molecule has 6 heteroatoms. The number of hydrogen-bond donors (Lipinski definition) is 3. The standard InChI is InChI=1S/C15H13N3O2S/c16-18-14(19)10-7-5-9(6-8-10)13(21)15-17-11-3-1-2-4-12(11)20-15/h1-8,13,21H,16H2,(H,18,19). The number of oxazole rings is 1. The summed E-state index contributed by atoms with van der Waals surface area (Å²) in [5, 5.41) is -0.299. The third kappa shape index (κ3) is 2.63. The summed E-state index contributed by atoms with van der Waals surface area (Å²) < 4.78 is 5.70. The van der Waals surface area contributed by atoms with Crippen molar-refractivity contribution < 1.29 is 9.21 Å². The highest BCUT2D eigenvalue weighted by Gasteiger charge is 2.16. The maximum absolute atomic E-state index is 11.4. The number of carbonyl (C=O) groups is 1. The van der Waals surface area contributed by atoms with E-state index in [0.717, 1.165) is 16.7 Å². The van der Waals surface area contributed by atoms with Crippen LogP contribution in [0.1, 0.15) is 27.1 Å². The molecule has 3 rings (SSSR count). The first kappa shape index (κ1) is 13.7. The van der Waals surface area contributed by atoms with Gasteiger partial charge in [0.05, 0.1) is 0 Å². The highest BCUT2D eigenvalue weighted by Crippen LogP contribution is 2.30. The minimum atomic E-state index is -0.334. The molecule has 5 nitrogen and oxygen atoms in total. The summed E-state index contributed by atoms with van der Waals surface area (Å²) in [6.07, 6.45) is 0. The number of nitrogen functional groups attached to an aromatic ring is 1. The molecule has 21 heavy (non-hydrogen) atoms. The van der Waals surface area contributed by atoms with Crippen molar-refractivity contribution in [3.63, 3.8) is 0 Å². The van der Waals surface area contributed by atoms with Crippen LogP contribution in [0.3, 0.4) is 0 Å². The fraction of sp³-hybridized carbons (Fsp3) is 0.0667. The van der Waals surface area contributed by atoms with Crippen LogP contribution in [0.15, 0.2) is 52.9 Å². The van der Waals surface area contributed by atoms with E-state index < -0.39 is 0 Å². The summed E-state index contributed by atoms with van der Waals surface area (Å²) in [5.74, 6) is 5.29. The van der Waals surface area contributed by atoms with Crippen LogP contribution < -0.4 is 11.3 Å². The maximum Gasteiger partial charge on any atom is 0.265 e. The number of hydrazine groups is 1. The van der Waals surface area contributed by atoms with Crippen LogP contribution in [0, 0.1) is 0 Å². The summed E-state index contributed by atoms with van der Waals surface area (Å²) in [6.45, 7) is 0. The highest BCUT2D eigenvalue weighted by molar-refractivity contribution is 7.80. The Kier molecular flexibility index (Phi) is 3.64. The van der Waals surface area contributed by atoms with Crippen molar-refractivity contribution in [2.75, 3.05) is 0 Å². The third-order valence-electron chi connectivity index (χ3n) is 3.16. The second-order valence-corrected chi connectivity index (χ2v) is 5.03. The Morgan fingerprint density at radius 2 is 1.90 bits per heavy atom. The maximum atomic E-state index is 11.4. The largest absolute Gasteiger partial charge is 0.439 e. The molecular formula is C15H13N3O2S. The number of amides is 1. The van der Waals surface area contributed by atoms with E-state index in [2.05, 4.69) is 23.0 Å². The van der Waals surface area contributed by atoms with Gasteiger partial charge in [-0.2, -0.15) is 12.6 Å². The molecular weight excluding hydrogens is 286 g/mol. The zero-order chi connectivity index (χ0) is 14.8. The molecule has 0 saturated heterocycles. The number of carbonyl (C=O) groups excluding carboxylic acids is 1. The lowest BCUT2D eigenvalue weighted by molar-refractivity contribution is 0.0953. The predicted molar refractivity (Wildman–Crippen MR) is 82.9 cm³/mol. The number of nitrogens with two attached hydrogens (primary N) is 1. The van der Waals surface area contributed by atoms with Crippen molar-refractivity contribution >= 4 is 29.6 Å². The van der Waals surface area contributed by atoms with Crippen molar-refractivity contribution in [1.29, 1.82) is 0 Å². The number of para-hydroxylation sites is 2. The van der Waals surface area contributed by atoms with E-state index >= 15 is 0 Å². The van der Waals surface area contributed by atoms with Gasteiger partial charge in [0.25, 0.3) is 5.91 Å². The van der Waals surface area contributed by atoms with Crippen molar-refractivity contribution in [2.24, 2.45) is 5.84 Å². The van der Waals surface area contributed by atoms with Crippen LogP contribution in [0.2, 0.25) is 0 Å². The van der Waals surface area contributed by atoms with Gasteiger partial charge in [-0.3, -0.25) is 10.2 Å². The van der Waals surface area contributed by atoms with Gasteiger partial charge in [0.1, 0.15) is 10.8 Å². The van der Waals surface area contributed by atoms with Crippen LogP contribution >= 0.6 is 12.6 Å². The molecule has 1 heterocycles. The second-order valence-electron chi connectivity index (χ2n) is 4.52. The van der Waals surface area contributed by atoms with Crippen molar-refractivity contribution in [3.05, 3.63) is 65.5 Å². The fourth-order valence-corrected chi connectivity index (χ4v) is 2.33. The lowest BCUT2D eigenvalue weighted by Gasteiger charge is -2.07. The van der Waals surface area contributed by atoms with Crippen LogP contribution in [-0.4, -0.2) is 10.9 Å². The lowest BCUT2D eigenvalue weighted by atomic mass is 10.1. The molecule has 2 aromatic carbocycles. The number of fused-ring (bicyclic) bond motifs is 1. The first-order valence-electron chi connectivity index (χ1n) is 6.33. The Hall–Kier alpha value is -2.31. The van der Waals surface area contributed by atoms with E-state index in [-0.39, 0.29) is 11.2 Å². The van der Waals surface area contributed by atoms with Gasteiger partial charge in [0.15, 0.2) is 5.58 Å². The molecule has 1 aromatic heterocycles. The number of thiol groups is 1. The van der Waals surface area contributed by atoms with Gasteiger partial charge in [-0.25, -0.2) is 10.8 Å². The molecule has 0 aliphatic heterocycles. The van der Waals surface area contributed by atoms with Crippen molar-refractivity contribution in [2.45, 2.75) is 5.25 Å². The van der Waals surface area contributed by atoms with E-state index in [9.17, 15) is 4.79 Å². The number of rotatable bonds is 3. The number of nitrogens with one attached hydrogen (secondary N) is 1. The molecule has 1 unspecified atom stereocenters. The summed E-state index contributed by atoms with van der Waals surface area (Å²) in [5.41, 5.74) is 4.99. The summed E-state index contributed by atoms with van der Waals surface area (Å²) in [7, 11) is 0. The molecule has 3 aromatic rings. The number of benzene rings is 2. The molecule has 0 aliphatic rings. The van der Waals surface area contributed by atoms with Crippen LogP contribution in [0.4, 0.5) is 0 Å². The molecule has 106 valence electrons. The Bertz CT molecular complexity index is 750. The molecule has 0 saturated carbocycles. The SMILES string of the molecule is NNC(=O)c1ccc(C(S)c2nc3ccccc3o2)cc1. The quantitative estimate of drug-likeness (QED) is 0.300. The third-order valence-corrected chi connectivity index (χ3v) is 3.68. The molecule has 0 spiro atoms. The highest BCUT2D eigenvalue weighted by atomic mass is 32.1. The average Bonchev–Trinajstić information content (AvgIpc) is 2.97. The minimum absolute atomic E-state index is 0.299. The van der Waals surface area contributed by atoms with E-state index in [1.165, 1.54) is 0 Å². The van der Waals surface area contributed by atoms with E-state index in [4.69, 9.17) is 10.3 Å². The van der Waals surface area contributed by atoms with Crippen LogP contribution in [0.25, 0.3) is 11.1 Å². The van der Waals surface area contributed by atoms with Gasteiger partial charge in [-0.15, -0.1) is 0 Å². The minimum Gasteiger partial charge on any atom is -0.439 e. The van der Waals surface area contributed by atoms with Gasteiger partial charge in [-0.05, 0) is 29.8 Å². The fourth-order valence-electron chi connectivity index (χ4n) is 2.05. The molecule has 1 amide bonds. The molecule has 0 fully saturated rings. The zero-order valence-corrected chi connectivity index (χ0v) is 11.9. The Labute approximate surface area is 126 Å². The Morgan fingerprint density at radius 1 is 1.19 bits per heavy atom. The normalized spacial score (nSPS) is 12.3. The second kappa shape index (κ2) is 5.59. The summed E-state index contributed by atoms with van der Waals surface area (Å²) >= 11 is 4.55. The van der Waals surface area contributed by atoms with Crippen LogP contribution in [-0.2, 0) is 0 Å². The lowest BCUT2D eigenvalue weighted by Crippen LogP contribution is -2.29. The molecule has 3 N–H and O–H groups in total. The first-order chi connectivity index (χ1) is 10.2. The molecule has 0 radical (unpaired) electrons. The number of aromatic nitrogens is 1. The molecule has 1 atom stereocenters. The molecule has 0 aliphatic carbocycles. The summed E-state index contributed by atoms with van der Waals surface area (Å²) in [6, 6.07) is 14.5. The Morgan fingerprint density at radius 3 is 2.57 bits per heavy atom. The average molecular weight is 299 g/mol. The number of nitrogens with zero attached hydrogens (tertiary/aromatic N) is 1. The summed E-state index contributed by atoms with van der Waals surface area (Å²) in [4.78, 5) is 15.8. The van der Waals surface area contributed by atoms with E-state index in [0.29, 0.717) is 11.5 Å². The van der Waals surface area contributed by atoms with Crippen molar-refractivity contribution in [3.8, 4) is 0 Å². The van der Waals surface area contributed by atoms with Gasteiger partial charge in [0, 0.05) is 5.56 Å². The van der Waals surface area contributed by atoms with Gasteiger partial charge >= 0.3 is 0 Å². The van der Waals surface area contributed by atoms with E-state index in [1.54, 1.807) is 24.3 Å². The monoisotopic (exact) mass is 299 g/mol. The van der Waals surface area contributed by atoms with Crippen molar-refractivity contribution in [1.82, 2.24) is 10.4 Å². The van der Waals surface area contributed by atoms with Gasteiger partial charge in [0.2, 0.25) is 5.89 Å². The van der Waals surface area contributed by atoms with Gasteiger partial charge < -0.3 is 4.42 Å². The number of hydrogen-bond acceptors (Lipinski definition) is 5. The van der Waals surface area contributed by atoms with Gasteiger partial charge in [-0.1, -0.05) is 24.3 Å². The Balaban J connectivity index is 1.90. The zero-order valence-electron chi connectivity index (χ0n) is 11.0. The smallest absolute Gasteiger partial charge is 0.265 e. The molecule has 0 bridgehead atoms. The topological polar surface area (TPSA) is 81.1 Å². The van der Waals surface area contributed by atoms with Crippen LogP contribution in [0.5, 0.6) is 0 Å². The predicted octanol–water partition coefficient (Wildman–Crippen LogP) is 2.45. The first-order valence-corrected chi connectivity index (χ1v) is 6.85.